The molecule has 21 heavy (non-hydrogen) atoms. The Hall–Kier alpha value is -1.42. The summed E-state index contributed by atoms with van der Waals surface area (Å²) in [6, 6.07) is 5.58. The van der Waals surface area contributed by atoms with Crippen LogP contribution in [0.2, 0.25) is 0 Å². The van der Waals surface area contributed by atoms with Gasteiger partial charge in [-0.25, -0.2) is 4.79 Å². The minimum atomic E-state index is -0.944. The maximum Gasteiger partial charge on any atom is 0.350 e. The number of rotatable bonds is 3. The summed E-state index contributed by atoms with van der Waals surface area (Å²) in [5, 5.41) is 0. The lowest BCUT2D eigenvalue weighted by atomic mass is 9.78. The third-order valence-corrected chi connectivity index (χ3v) is 3.59. The van der Waals surface area contributed by atoms with E-state index in [0.29, 0.717) is 0 Å². The molecule has 1 atom stereocenters. The Labute approximate surface area is 126 Å². The molecule has 118 valence electrons. The normalized spacial score (nSPS) is 13.9. The van der Waals surface area contributed by atoms with Gasteiger partial charge in [-0.1, -0.05) is 59.7 Å². The quantitative estimate of drug-likeness (QED) is 0.913. The predicted octanol–water partition coefficient (Wildman–Crippen LogP) is 4.10. The van der Waals surface area contributed by atoms with Gasteiger partial charge in [0.25, 0.3) is 0 Å². The molecule has 0 aliphatic rings. The third kappa shape index (κ3) is 4.81. The van der Waals surface area contributed by atoms with Gasteiger partial charge in [-0.3, -0.25) is 4.94 Å². The summed E-state index contributed by atoms with van der Waals surface area (Å²) in [6.45, 7) is 12.7. The number of halogens is 1. The lowest BCUT2D eigenvalue weighted by Gasteiger charge is -2.27. The molecule has 0 saturated heterocycles. The molecular formula is C17H26FNO2. The first kappa shape index (κ1) is 17.6. The van der Waals surface area contributed by atoms with Crippen LogP contribution in [0.15, 0.2) is 18.2 Å². The zero-order valence-electron chi connectivity index (χ0n) is 13.8. The molecule has 0 saturated carbocycles. The summed E-state index contributed by atoms with van der Waals surface area (Å²) >= 11 is 0. The molecule has 1 aromatic rings. The highest BCUT2D eigenvalue weighted by molar-refractivity contribution is 5.69. The van der Waals surface area contributed by atoms with E-state index in [4.69, 9.17) is 5.73 Å². The van der Waals surface area contributed by atoms with Crippen LogP contribution in [0.3, 0.4) is 0 Å². The highest BCUT2D eigenvalue weighted by Crippen LogP contribution is 2.32. The van der Waals surface area contributed by atoms with E-state index in [0.717, 1.165) is 16.7 Å². The molecule has 0 amide bonds. The Kier molecular flexibility index (Phi) is 5.16. The maximum absolute atomic E-state index is 11.9. The summed E-state index contributed by atoms with van der Waals surface area (Å²) in [6.07, 6.45) is -0.173. The van der Waals surface area contributed by atoms with Crippen molar-refractivity contribution < 1.29 is 14.3 Å². The first-order chi connectivity index (χ1) is 9.45. The molecule has 1 unspecified atom stereocenters. The van der Waals surface area contributed by atoms with E-state index in [9.17, 15) is 9.32 Å². The van der Waals surface area contributed by atoms with E-state index in [1.54, 1.807) is 0 Å². The van der Waals surface area contributed by atoms with Crippen LogP contribution in [0.4, 0.5) is 4.53 Å². The van der Waals surface area contributed by atoms with Crippen LogP contribution in [0, 0.1) is 0 Å². The molecule has 0 aliphatic heterocycles. The number of carbonyl (C=O) groups excluding carboxylic acids is 1. The van der Waals surface area contributed by atoms with Crippen molar-refractivity contribution in [3.63, 3.8) is 0 Å². The fourth-order valence-electron chi connectivity index (χ4n) is 2.06. The molecule has 0 aromatic heterocycles. The van der Waals surface area contributed by atoms with Crippen molar-refractivity contribution in [1.29, 1.82) is 0 Å². The van der Waals surface area contributed by atoms with Crippen LogP contribution in [-0.2, 0) is 20.6 Å². The van der Waals surface area contributed by atoms with Crippen LogP contribution < -0.4 is 5.73 Å². The minimum Gasteiger partial charge on any atom is -0.323 e. The van der Waals surface area contributed by atoms with Crippen LogP contribution in [-0.4, -0.2) is 5.97 Å². The van der Waals surface area contributed by atoms with Gasteiger partial charge in [0.1, 0.15) is 0 Å². The molecule has 0 fully saturated rings. The Morgan fingerprint density at radius 3 is 1.86 bits per heavy atom. The second-order valence-corrected chi connectivity index (χ2v) is 7.60. The SMILES string of the molecule is CC(C)(C)c1cc(C(N)CC(=O)OF)cc(C(C)(C)C)c1. The number of benzene rings is 1. The Balaban J connectivity index is 3.28. The van der Waals surface area contributed by atoms with Crippen molar-refractivity contribution in [2.75, 3.05) is 0 Å². The van der Waals surface area contributed by atoms with E-state index in [1.807, 2.05) is 12.1 Å². The van der Waals surface area contributed by atoms with Gasteiger partial charge < -0.3 is 5.73 Å². The van der Waals surface area contributed by atoms with Gasteiger partial charge in [-0.05, 0) is 27.5 Å². The molecule has 1 aromatic carbocycles. The molecule has 3 nitrogen and oxygen atoms in total. The molecule has 2 N–H and O–H groups in total. The summed E-state index contributed by atoms with van der Waals surface area (Å²) < 4.78 is 11.9. The van der Waals surface area contributed by atoms with E-state index < -0.39 is 12.0 Å². The summed E-state index contributed by atoms with van der Waals surface area (Å²) in [4.78, 5) is 14.3. The van der Waals surface area contributed by atoms with Gasteiger partial charge in [0.15, 0.2) is 0 Å². The number of carbonyl (C=O) groups is 1. The first-order valence-electron chi connectivity index (χ1n) is 7.18. The Morgan fingerprint density at radius 1 is 1.10 bits per heavy atom. The molecule has 0 heterocycles. The monoisotopic (exact) mass is 295 g/mol. The molecule has 0 spiro atoms. The van der Waals surface area contributed by atoms with Crippen molar-refractivity contribution >= 4 is 5.97 Å². The summed E-state index contributed by atoms with van der Waals surface area (Å²) in [7, 11) is 0. The van der Waals surface area contributed by atoms with Crippen molar-refractivity contribution in [3.8, 4) is 0 Å². The average Bonchev–Trinajstić information content (AvgIpc) is 2.35. The van der Waals surface area contributed by atoms with E-state index in [-0.39, 0.29) is 17.3 Å². The second kappa shape index (κ2) is 6.14. The fraction of sp³-hybridized carbons (Fsp3) is 0.588. The maximum atomic E-state index is 11.9. The standard InChI is InChI=1S/C17H26FNO2/c1-16(2,3)12-7-11(14(19)10-15(20)21-18)8-13(9-12)17(4,5)6/h7-9,14H,10,19H2,1-6H3. The van der Waals surface area contributed by atoms with Crippen LogP contribution in [0.5, 0.6) is 0 Å². The summed E-state index contributed by atoms with van der Waals surface area (Å²) in [5.74, 6) is -0.944. The lowest BCUT2D eigenvalue weighted by Crippen LogP contribution is -2.21. The lowest BCUT2D eigenvalue weighted by molar-refractivity contribution is -0.184. The third-order valence-electron chi connectivity index (χ3n) is 3.59. The van der Waals surface area contributed by atoms with Crippen LogP contribution in [0.1, 0.15) is 70.7 Å². The molecule has 0 radical (unpaired) electrons. The summed E-state index contributed by atoms with van der Waals surface area (Å²) in [5.41, 5.74) is 9.09. The number of hydrogen-bond acceptors (Lipinski definition) is 3. The fourth-order valence-corrected chi connectivity index (χ4v) is 2.06. The molecule has 0 bridgehead atoms. The topological polar surface area (TPSA) is 52.3 Å². The predicted molar refractivity (Wildman–Crippen MR) is 82.6 cm³/mol. The Morgan fingerprint density at radius 2 is 1.52 bits per heavy atom. The van der Waals surface area contributed by atoms with E-state index >= 15 is 0 Å². The van der Waals surface area contributed by atoms with Gasteiger partial charge in [0, 0.05) is 10.6 Å². The highest BCUT2D eigenvalue weighted by Gasteiger charge is 2.23. The van der Waals surface area contributed by atoms with Crippen molar-refractivity contribution in [2.45, 2.75) is 64.8 Å². The van der Waals surface area contributed by atoms with Gasteiger partial charge in [0.05, 0.1) is 6.42 Å². The molecule has 1 rings (SSSR count). The van der Waals surface area contributed by atoms with Gasteiger partial charge in [0.2, 0.25) is 0 Å². The Bertz CT molecular complexity index is 480. The molecular weight excluding hydrogens is 269 g/mol. The van der Waals surface area contributed by atoms with Gasteiger partial charge in [-0.2, -0.15) is 0 Å². The number of hydrogen-bond donors (Lipinski definition) is 1. The highest BCUT2D eigenvalue weighted by atomic mass is 19.3. The largest absolute Gasteiger partial charge is 0.350 e. The molecule has 0 aliphatic carbocycles. The second-order valence-electron chi connectivity index (χ2n) is 7.60. The van der Waals surface area contributed by atoms with Crippen molar-refractivity contribution in [3.05, 3.63) is 34.9 Å². The zero-order valence-corrected chi connectivity index (χ0v) is 13.8. The number of nitrogens with two attached hydrogens (primary N) is 1. The van der Waals surface area contributed by atoms with Crippen molar-refractivity contribution in [1.82, 2.24) is 0 Å². The first-order valence-corrected chi connectivity index (χ1v) is 7.18. The smallest absolute Gasteiger partial charge is 0.323 e. The van der Waals surface area contributed by atoms with Crippen LogP contribution in [0.25, 0.3) is 0 Å². The van der Waals surface area contributed by atoms with Gasteiger partial charge >= 0.3 is 5.97 Å². The zero-order chi connectivity index (χ0) is 16.4. The van der Waals surface area contributed by atoms with Gasteiger partial charge in [-0.15, -0.1) is 0 Å². The van der Waals surface area contributed by atoms with E-state index in [1.165, 1.54) is 0 Å². The van der Waals surface area contributed by atoms with Crippen molar-refractivity contribution in [2.24, 2.45) is 5.73 Å². The minimum absolute atomic E-state index is 0.0314. The van der Waals surface area contributed by atoms with Crippen LogP contribution >= 0.6 is 0 Å². The molecule has 4 heteroatoms. The van der Waals surface area contributed by atoms with E-state index in [2.05, 4.69) is 52.6 Å². The average molecular weight is 295 g/mol.